The van der Waals surface area contributed by atoms with Crippen molar-refractivity contribution in [1.29, 1.82) is 0 Å². The zero-order valence-electron chi connectivity index (χ0n) is 10.7. The molecular weight excluding hydrogens is 302 g/mol. The minimum atomic E-state index is 0.151. The van der Waals surface area contributed by atoms with Crippen molar-refractivity contribution < 1.29 is 4.79 Å². The number of benzene rings is 2. The Hall–Kier alpha value is -1.61. The van der Waals surface area contributed by atoms with Gasteiger partial charge in [-0.1, -0.05) is 35.0 Å². The van der Waals surface area contributed by atoms with E-state index in [0.29, 0.717) is 6.42 Å². The molecule has 0 unspecified atom stereocenters. The number of carbonyl (C=O) groups is 1. The Balaban J connectivity index is 2.10. The van der Waals surface area contributed by atoms with Crippen molar-refractivity contribution in [3.63, 3.8) is 0 Å². The van der Waals surface area contributed by atoms with E-state index in [1.165, 1.54) is 11.1 Å². The molecule has 2 aromatic carbocycles. The molecule has 0 saturated heterocycles. The van der Waals surface area contributed by atoms with Crippen molar-refractivity contribution in [2.75, 3.05) is 4.90 Å². The van der Waals surface area contributed by atoms with Crippen LogP contribution < -0.4 is 4.90 Å². The van der Waals surface area contributed by atoms with Crippen LogP contribution >= 0.6 is 15.9 Å². The van der Waals surface area contributed by atoms with Gasteiger partial charge >= 0.3 is 0 Å². The largest absolute Gasteiger partial charge is 0.280 e. The Bertz CT molecular complexity index is 634. The number of anilines is 2. The lowest BCUT2D eigenvalue weighted by molar-refractivity contribution is -0.116. The van der Waals surface area contributed by atoms with Gasteiger partial charge in [0, 0.05) is 10.2 Å². The summed E-state index contributed by atoms with van der Waals surface area (Å²) in [7, 11) is 0. The van der Waals surface area contributed by atoms with E-state index < -0.39 is 0 Å². The summed E-state index contributed by atoms with van der Waals surface area (Å²) < 4.78 is 1.02. The molecule has 1 heterocycles. The lowest BCUT2D eigenvalue weighted by Crippen LogP contribution is -2.20. The van der Waals surface area contributed by atoms with Crippen LogP contribution in [0.4, 0.5) is 11.4 Å². The molecule has 0 saturated carbocycles. The zero-order valence-corrected chi connectivity index (χ0v) is 12.3. The van der Waals surface area contributed by atoms with Crippen LogP contribution in [0.15, 0.2) is 46.9 Å². The molecule has 0 aromatic heterocycles. The quantitative estimate of drug-likeness (QED) is 0.812. The molecule has 2 nitrogen and oxygen atoms in total. The summed E-state index contributed by atoms with van der Waals surface area (Å²) in [6.07, 6.45) is 1.47. The molecule has 0 radical (unpaired) electrons. The van der Waals surface area contributed by atoms with Crippen LogP contribution in [0.25, 0.3) is 0 Å². The third-order valence-electron chi connectivity index (χ3n) is 3.53. The predicted molar refractivity (Wildman–Crippen MR) is 80.8 cm³/mol. The van der Waals surface area contributed by atoms with Crippen molar-refractivity contribution in [2.45, 2.75) is 19.8 Å². The second-order valence-electron chi connectivity index (χ2n) is 4.65. The highest BCUT2D eigenvalue weighted by atomic mass is 79.9. The number of carbonyl (C=O) groups excluding carboxylic acids is 1. The van der Waals surface area contributed by atoms with Gasteiger partial charge < -0.3 is 0 Å². The van der Waals surface area contributed by atoms with Crippen molar-refractivity contribution >= 4 is 33.2 Å². The summed E-state index contributed by atoms with van der Waals surface area (Å²) in [5, 5.41) is 0. The monoisotopic (exact) mass is 315 g/mol. The third kappa shape index (κ3) is 2.08. The predicted octanol–water partition coefficient (Wildman–Crippen LogP) is 4.23. The van der Waals surface area contributed by atoms with Gasteiger partial charge in [-0.2, -0.15) is 0 Å². The van der Waals surface area contributed by atoms with Crippen molar-refractivity contribution in [3.8, 4) is 0 Å². The van der Waals surface area contributed by atoms with Crippen LogP contribution in [0.3, 0.4) is 0 Å². The molecule has 2 aromatic rings. The van der Waals surface area contributed by atoms with Gasteiger partial charge in [0.25, 0.3) is 0 Å². The smallest absolute Gasteiger partial charge is 0.236 e. The molecule has 0 bridgehead atoms. The summed E-state index contributed by atoms with van der Waals surface area (Å²) in [4.78, 5) is 14.1. The highest BCUT2D eigenvalue weighted by Crippen LogP contribution is 2.37. The Morgan fingerprint density at radius 3 is 2.58 bits per heavy atom. The molecule has 1 aliphatic rings. The fourth-order valence-electron chi connectivity index (χ4n) is 2.60. The molecule has 0 N–H and O–H groups in total. The summed E-state index contributed by atoms with van der Waals surface area (Å²) in [5.74, 6) is 0.151. The average Bonchev–Trinajstić information content (AvgIpc) is 2.76. The van der Waals surface area contributed by atoms with Crippen molar-refractivity contribution in [1.82, 2.24) is 0 Å². The lowest BCUT2D eigenvalue weighted by atomic mass is 10.0. The Morgan fingerprint density at radius 2 is 1.89 bits per heavy atom. The second kappa shape index (κ2) is 4.82. The maximum atomic E-state index is 12.3. The standard InChI is InChI=1S/C16H14BrNO/c1-2-11-4-3-5-15-14(11)10-16(19)18(15)13-8-6-12(17)7-9-13/h3-9H,2,10H2,1H3. The number of hydrogen-bond acceptors (Lipinski definition) is 1. The molecule has 1 amide bonds. The normalized spacial score (nSPS) is 13.8. The Kier molecular flexibility index (Phi) is 3.15. The van der Waals surface area contributed by atoms with Gasteiger partial charge in [-0.15, -0.1) is 0 Å². The highest BCUT2D eigenvalue weighted by Gasteiger charge is 2.29. The minimum absolute atomic E-state index is 0.151. The molecule has 0 aliphatic carbocycles. The summed E-state index contributed by atoms with van der Waals surface area (Å²) in [5.41, 5.74) is 4.41. The van der Waals surface area contributed by atoms with Gasteiger partial charge in [-0.25, -0.2) is 0 Å². The van der Waals surface area contributed by atoms with Crippen molar-refractivity contribution in [2.24, 2.45) is 0 Å². The number of hydrogen-bond donors (Lipinski definition) is 0. The van der Waals surface area contributed by atoms with Crippen molar-refractivity contribution in [3.05, 3.63) is 58.1 Å². The van der Waals surface area contributed by atoms with Gasteiger partial charge in [-0.05, 0) is 47.9 Å². The van der Waals surface area contributed by atoms with E-state index >= 15 is 0 Å². The van der Waals surface area contributed by atoms with Gasteiger partial charge in [0.15, 0.2) is 0 Å². The second-order valence-corrected chi connectivity index (χ2v) is 5.57. The zero-order chi connectivity index (χ0) is 13.4. The molecule has 96 valence electrons. The van der Waals surface area contributed by atoms with Crippen LogP contribution in [0.1, 0.15) is 18.1 Å². The molecule has 0 fully saturated rings. The van der Waals surface area contributed by atoms with Crippen LogP contribution in [0.5, 0.6) is 0 Å². The first-order chi connectivity index (χ1) is 9.20. The first-order valence-corrected chi connectivity index (χ1v) is 7.19. The molecule has 0 atom stereocenters. The maximum Gasteiger partial charge on any atom is 0.236 e. The highest BCUT2D eigenvalue weighted by molar-refractivity contribution is 9.10. The first-order valence-electron chi connectivity index (χ1n) is 6.40. The summed E-state index contributed by atoms with van der Waals surface area (Å²) >= 11 is 3.42. The van der Waals surface area contributed by atoms with Gasteiger partial charge in [-0.3, -0.25) is 9.69 Å². The van der Waals surface area contributed by atoms with E-state index in [9.17, 15) is 4.79 Å². The maximum absolute atomic E-state index is 12.3. The number of nitrogens with zero attached hydrogens (tertiary/aromatic N) is 1. The lowest BCUT2D eigenvalue weighted by Gasteiger charge is -2.18. The fraction of sp³-hybridized carbons (Fsp3) is 0.188. The Labute approximate surface area is 121 Å². The van der Waals surface area contributed by atoms with Crippen LogP contribution in [0.2, 0.25) is 0 Å². The summed E-state index contributed by atoms with van der Waals surface area (Å²) in [6.45, 7) is 2.13. The van der Waals surface area contributed by atoms with E-state index in [4.69, 9.17) is 0 Å². The van der Waals surface area contributed by atoms with Crippen LogP contribution in [-0.4, -0.2) is 5.91 Å². The molecule has 0 spiro atoms. The SMILES string of the molecule is CCc1cccc2c1CC(=O)N2c1ccc(Br)cc1. The first kappa shape index (κ1) is 12.4. The number of halogens is 1. The topological polar surface area (TPSA) is 20.3 Å². The van der Waals surface area contributed by atoms with Gasteiger partial charge in [0.05, 0.1) is 12.1 Å². The van der Waals surface area contributed by atoms with Gasteiger partial charge in [0.2, 0.25) is 5.91 Å². The average molecular weight is 316 g/mol. The van der Waals surface area contributed by atoms with Crippen LogP contribution in [-0.2, 0) is 17.6 Å². The number of amides is 1. The Morgan fingerprint density at radius 1 is 1.16 bits per heavy atom. The number of fused-ring (bicyclic) bond motifs is 1. The number of rotatable bonds is 2. The van der Waals surface area contributed by atoms with E-state index in [1.54, 1.807) is 0 Å². The van der Waals surface area contributed by atoms with Crippen LogP contribution in [0, 0.1) is 0 Å². The molecule has 3 rings (SSSR count). The van der Waals surface area contributed by atoms with E-state index in [1.807, 2.05) is 41.3 Å². The fourth-order valence-corrected chi connectivity index (χ4v) is 2.87. The summed E-state index contributed by atoms with van der Waals surface area (Å²) in [6, 6.07) is 14.0. The molecule has 19 heavy (non-hydrogen) atoms. The van der Waals surface area contributed by atoms with E-state index in [-0.39, 0.29) is 5.91 Å². The van der Waals surface area contributed by atoms with E-state index in [0.717, 1.165) is 22.3 Å². The number of aryl methyl sites for hydroxylation is 1. The molecule has 1 aliphatic heterocycles. The van der Waals surface area contributed by atoms with E-state index in [2.05, 4.69) is 28.9 Å². The van der Waals surface area contributed by atoms with Gasteiger partial charge in [0.1, 0.15) is 0 Å². The molecule has 3 heteroatoms. The minimum Gasteiger partial charge on any atom is -0.280 e. The third-order valence-corrected chi connectivity index (χ3v) is 4.06. The molecular formula is C16H14BrNO.